The summed E-state index contributed by atoms with van der Waals surface area (Å²) < 4.78 is 12.0. The number of imide groups is 1. The third kappa shape index (κ3) is 6.15. The van der Waals surface area contributed by atoms with Crippen molar-refractivity contribution in [2.75, 3.05) is 19.4 Å². The number of carbonyl (C=O) groups excluding carboxylic acids is 3. The van der Waals surface area contributed by atoms with Gasteiger partial charge in [0.05, 0.1) is 5.25 Å². The minimum Gasteiger partial charge on any atom is -0.484 e. The molecule has 0 bridgehead atoms. The summed E-state index contributed by atoms with van der Waals surface area (Å²) >= 11 is 0.992. The van der Waals surface area contributed by atoms with Crippen LogP contribution in [0.4, 0.5) is 10.5 Å². The number of thioether (sulfide) groups is 1. The zero-order chi connectivity index (χ0) is 26.6. The van der Waals surface area contributed by atoms with E-state index >= 15 is 0 Å². The first-order valence-electron chi connectivity index (χ1n) is 11.8. The lowest BCUT2D eigenvalue weighted by molar-refractivity contribution is -0.125. The molecule has 10 heteroatoms. The number of benzene rings is 2. The van der Waals surface area contributed by atoms with Crippen LogP contribution in [-0.4, -0.2) is 47.7 Å². The molecule has 2 aliphatic rings. The van der Waals surface area contributed by atoms with Gasteiger partial charge in [0.2, 0.25) is 11.6 Å². The molecule has 4 rings (SSSR count). The predicted octanol–water partition coefficient (Wildman–Crippen LogP) is 2.76. The Balaban J connectivity index is 1.35. The van der Waals surface area contributed by atoms with Gasteiger partial charge in [-0.15, -0.1) is 0 Å². The van der Waals surface area contributed by atoms with Crippen LogP contribution in [-0.2, 0) is 16.0 Å². The number of rotatable bonds is 9. The van der Waals surface area contributed by atoms with E-state index in [9.17, 15) is 14.4 Å². The van der Waals surface area contributed by atoms with Crippen LogP contribution in [0.25, 0.3) is 0 Å². The van der Waals surface area contributed by atoms with Crippen LogP contribution in [0.1, 0.15) is 16.7 Å². The molecule has 0 aromatic heterocycles. The van der Waals surface area contributed by atoms with Crippen molar-refractivity contribution in [3.05, 3.63) is 77.4 Å². The molecule has 3 amide bonds. The van der Waals surface area contributed by atoms with Crippen molar-refractivity contribution >= 4 is 34.5 Å². The van der Waals surface area contributed by atoms with Crippen molar-refractivity contribution in [1.82, 2.24) is 16.0 Å². The van der Waals surface area contributed by atoms with Crippen molar-refractivity contribution in [3.8, 4) is 11.5 Å². The molecule has 2 aromatic rings. The highest BCUT2D eigenvalue weighted by atomic mass is 32.2. The third-order valence-electron chi connectivity index (χ3n) is 6.26. The lowest BCUT2D eigenvalue weighted by atomic mass is 9.97. The van der Waals surface area contributed by atoms with Crippen molar-refractivity contribution in [2.45, 2.75) is 37.3 Å². The molecule has 3 unspecified atom stereocenters. The monoisotopic (exact) mass is 522 g/mol. The van der Waals surface area contributed by atoms with Gasteiger partial charge in [0.1, 0.15) is 17.5 Å². The maximum atomic E-state index is 12.8. The van der Waals surface area contributed by atoms with E-state index in [4.69, 9.17) is 15.2 Å². The Morgan fingerprint density at radius 3 is 2.43 bits per heavy atom. The fraction of sp³-hybridized carbons (Fsp3) is 0.296. The molecule has 194 valence electrons. The van der Waals surface area contributed by atoms with E-state index in [2.05, 4.69) is 16.0 Å². The molecule has 1 heterocycles. The maximum Gasteiger partial charge on any atom is 0.286 e. The number of allylic oxidation sites excluding steroid dienone is 2. The van der Waals surface area contributed by atoms with Gasteiger partial charge in [-0.3, -0.25) is 25.0 Å². The summed E-state index contributed by atoms with van der Waals surface area (Å²) in [4.78, 5) is 35.9. The number of aryl methyl sites for hydroxylation is 2. The van der Waals surface area contributed by atoms with Gasteiger partial charge in [0.25, 0.3) is 11.1 Å². The molecular weight excluding hydrogens is 492 g/mol. The van der Waals surface area contributed by atoms with Crippen molar-refractivity contribution in [1.29, 1.82) is 0 Å². The standard InChI is InChI=1S/C27H30N4O5S/c1-16-12-20(13-17(2)24(16)28)36-27(29-3)11-5-4-6-22(27)30-23(32)15-35-19-9-7-18(8-10-19)14-21-25(33)31-26(34)37-21/h4-13,21-22,29H,14-15,28H2,1-3H3,(H,30,32)(H,31,33,34). The lowest BCUT2D eigenvalue weighted by Gasteiger charge is -2.39. The molecule has 1 saturated heterocycles. The number of hydrogen-bond donors (Lipinski definition) is 4. The first-order chi connectivity index (χ1) is 17.7. The summed E-state index contributed by atoms with van der Waals surface area (Å²) in [6.07, 6.45) is 7.85. The second-order valence-corrected chi connectivity index (χ2v) is 10.1. The smallest absolute Gasteiger partial charge is 0.286 e. The molecule has 0 spiro atoms. The predicted molar refractivity (Wildman–Crippen MR) is 144 cm³/mol. The molecule has 9 nitrogen and oxygen atoms in total. The average Bonchev–Trinajstić information content (AvgIpc) is 3.19. The largest absolute Gasteiger partial charge is 0.484 e. The van der Waals surface area contributed by atoms with Gasteiger partial charge < -0.3 is 20.5 Å². The van der Waals surface area contributed by atoms with Crippen molar-refractivity contribution < 1.29 is 23.9 Å². The summed E-state index contributed by atoms with van der Waals surface area (Å²) in [5.41, 5.74) is 8.51. The molecular formula is C27H30N4O5S. The Kier molecular flexibility index (Phi) is 7.89. The fourth-order valence-electron chi connectivity index (χ4n) is 4.18. The lowest BCUT2D eigenvalue weighted by Crippen LogP contribution is -2.62. The number of hydrogen-bond acceptors (Lipinski definition) is 8. The Morgan fingerprint density at radius 1 is 1.11 bits per heavy atom. The van der Waals surface area contributed by atoms with E-state index in [-0.39, 0.29) is 23.7 Å². The Morgan fingerprint density at radius 2 is 1.81 bits per heavy atom. The van der Waals surface area contributed by atoms with Crippen LogP contribution in [0.3, 0.4) is 0 Å². The number of nitrogens with one attached hydrogen (secondary N) is 3. The number of carbonyl (C=O) groups is 3. The highest BCUT2D eigenvalue weighted by molar-refractivity contribution is 8.15. The van der Waals surface area contributed by atoms with E-state index in [1.807, 2.05) is 62.4 Å². The zero-order valence-corrected chi connectivity index (χ0v) is 21.7. The fourth-order valence-corrected chi connectivity index (χ4v) is 5.04. The van der Waals surface area contributed by atoms with Crippen LogP contribution >= 0.6 is 11.8 Å². The maximum absolute atomic E-state index is 12.8. The highest BCUT2D eigenvalue weighted by Gasteiger charge is 2.39. The van der Waals surface area contributed by atoms with E-state index in [1.54, 1.807) is 19.2 Å². The molecule has 2 aromatic carbocycles. The minimum absolute atomic E-state index is 0.192. The number of anilines is 1. The molecule has 37 heavy (non-hydrogen) atoms. The average molecular weight is 523 g/mol. The molecule has 5 N–H and O–H groups in total. The van der Waals surface area contributed by atoms with E-state index in [1.165, 1.54) is 0 Å². The number of likely N-dealkylation sites (N-methyl/N-ethyl adjacent to an activating group) is 1. The molecule has 0 radical (unpaired) electrons. The van der Waals surface area contributed by atoms with Crippen molar-refractivity contribution in [3.63, 3.8) is 0 Å². The Bertz CT molecular complexity index is 1240. The number of amides is 3. The summed E-state index contributed by atoms with van der Waals surface area (Å²) in [7, 11) is 1.77. The molecule has 1 aliphatic carbocycles. The van der Waals surface area contributed by atoms with E-state index in [0.29, 0.717) is 17.9 Å². The van der Waals surface area contributed by atoms with Crippen LogP contribution < -0.4 is 31.2 Å². The normalized spacial score (nSPS) is 22.6. The molecule has 3 atom stereocenters. The van der Waals surface area contributed by atoms with Gasteiger partial charge in [0.15, 0.2) is 6.61 Å². The summed E-state index contributed by atoms with van der Waals surface area (Å²) in [6, 6.07) is 10.3. The highest BCUT2D eigenvalue weighted by Crippen LogP contribution is 2.29. The molecule has 1 aliphatic heterocycles. The van der Waals surface area contributed by atoms with E-state index in [0.717, 1.165) is 34.1 Å². The van der Waals surface area contributed by atoms with Gasteiger partial charge in [-0.1, -0.05) is 42.1 Å². The summed E-state index contributed by atoms with van der Waals surface area (Å²) in [5, 5.41) is 7.69. The van der Waals surface area contributed by atoms with Gasteiger partial charge in [0, 0.05) is 5.69 Å². The topological polar surface area (TPSA) is 132 Å². The first-order valence-corrected chi connectivity index (χ1v) is 12.7. The number of nitrogen functional groups attached to an aromatic ring is 1. The minimum atomic E-state index is -1.01. The van der Waals surface area contributed by atoms with Gasteiger partial charge >= 0.3 is 0 Å². The van der Waals surface area contributed by atoms with Crippen LogP contribution in [0, 0.1) is 13.8 Å². The molecule has 0 saturated carbocycles. The van der Waals surface area contributed by atoms with Crippen LogP contribution in [0.5, 0.6) is 11.5 Å². The quantitative estimate of drug-likeness (QED) is 0.292. The van der Waals surface area contributed by atoms with Crippen molar-refractivity contribution in [2.24, 2.45) is 0 Å². The zero-order valence-electron chi connectivity index (χ0n) is 20.9. The van der Waals surface area contributed by atoms with Gasteiger partial charge in [-0.25, -0.2) is 0 Å². The molecule has 1 fully saturated rings. The SMILES string of the molecule is CNC1(Oc2cc(C)c(N)c(C)c2)C=CC=CC1NC(=O)COc1ccc(CC2SC(=O)NC2=O)cc1. The second-order valence-electron chi connectivity index (χ2n) is 8.93. The Labute approximate surface area is 219 Å². The van der Waals surface area contributed by atoms with Crippen LogP contribution in [0.2, 0.25) is 0 Å². The first kappa shape index (κ1) is 26.3. The van der Waals surface area contributed by atoms with Crippen LogP contribution in [0.15, 0.2) is 60.7 Å². The second kappa shape index (κ2) is 11.1. The Hall–Kier alpha value is -3.76. The summed E-state index contributed by atoms with van der Waals surface area (Å²) in [6.45, 7) is 3.65. The summed E-state index contributed by atoms with van der Waals surface area (Å²) in [5.74, 6) is 0.551. The number of nitrogens with two attached hydrogens (primary N) is 1. The van der Waals surface area contributed by atoms with Gasteiger partial charge in [-0.05, 0) is 74.3 Å². The van der Waals surface area contributed by atoms with E-state index < -0.39 is 17.0 Å². The van der Waals surface area contributed by atoms with Gasteiger partial charge in [-0.2, -0.15) is 0 Å². The number of ether oxygens (including phenoxy) is 2. The third-order valence-corrected chi connectivity index (χ3v) is 7.24.